The van der Waals surface area contributed by atoms with Gasteiger partial charge in [0.1, 0.15) is 0 Å². The van der Waals surface area contributed by atoms with Gasteiger partial charge in [0.15, 0.2) is 0 Å². The van der Waals surface area contributed by atoms with Crippen molar-refractivity contribution in [3.63, 3.8) is 0 Å². The van der Waals surface area contributed by atoms with Gasteiger partial charge in [0.2, 0.25) is 0 Å². The van der Waals surface area contributed by atoms with Crippen LogP contribution in [-0.4, -0.2) is 7.05 Å². The lowest BCUT2D eigenvalue weighted by molar-refractivity contribution is 0.237. The molecule has 2 heteroatoms. The van der Waals surface area contributed by atoms with E-state index < -0.39 is 0 Å². The largest absolute Gasteiger partial charge is 0.313 e. The van der Waals surface area contributed by atoms with Gasteiger partial charge in [0, 0.05) is 10.5 Å². The van der Waals surface area contributed by atoms with Crippen LogP contribution >= 0.6 is 15.9 Å². The van der Waals surface area contributed by atoms with Crippen molar-refractivity contribution in [3.05, 3.63) is 33.8 Å². The second-order valence-electron chi connectivity index (χ2n) is 5.74. The second-order valence-corrected chi connectivity index (χ2v) is 6.59. The maximum atomic E-state index is 3.65. The molecule has 1 aromatic rings. The Labute approximate surface area is 119 Å². The molecule has 0 heterocycles. The number of benzene rings is 1. The summed E-state index contributed by atoms with van der Waals surface area (Å²) in [6.45, 7) is 4.60. The van der Waals surface area contributed by atoms with E-state index in [2.05, 4.69) is 60.3 Å². The third-order valence-corrected chi connectivity index (χ3v) is 5.35. The van der Waals surface area contributed by atoms with Crippen molar-refractivity contribution in [3.8, 4) is 0 Å². The minimum Gasteiger partial charge on any atom is -0.313 e. The lowest BCUT2D eigenvalue weighted by atomic mass is 9.77. The van der Waals surface area contributed by atoms with Crippen LogP contribution in [0.15, 0.2) is 22.7 Å². The summed E-state index contributed by atoms with van der Waals surface area (Å²) in [4.78, 5) is 0. The van der Waals surface area contributed by atoms with Gasteiger partial charge in [-0.05, 0) is 55.8 Å². The highest BCUT2D eigenvalue weighted by Gasteiger charge is 2.27. The summed E-state index contributed by atoms with van der Waals surface area (Å²) in [6.07, 6.45) is 5.49. The van der Waals surface area contributed by atoms with Crippen LogP contribution in [-0.2, 0) is 0 Å². The highest BCUT2D eigenvalue weighted by Crippen LogP contribution is 2.38. The standard InChI is InChI=1S/C16H24BrN/c1-11-7-9-13(10-8-11)16(18-3)14-5-4-6-15(17)12(14)2/h4-6,11,13,16,18H,7-10H2,1-3H3. The van der Waals surface area contributed by atoms with Crippen LogP contribution in [0.4, 0.5) is 0 Å². The zero-order valence-corrected chi connectivity index (χ0v) is 13.3. The van der Waals surface area contributed by atoms with Crippen LogP contribution in [0, 0.1) is 18.8 Å². The molecule has 1 saturated carbocycles. The number of nitrogens with one attached hydrogen (secondary N) is 1. The van der Waals surface area contributed by atoms with Crippen LogP contribution < -0.4 is 5.32 Å². The van der Waals surface area contributed by atoms with Crippen molar-refractivity contribution in [2.75, 3.05) is 7.05 Å². The van der Waals surface area contributed by atoms with E-state index in [0.717, 1.165) is 11.8 Å². The molecule has 1 nitrogen and oxygen atoms in total. The molecule has 1 aliphatic carbocycles. The topological polar surface area (TPSA) is 12.0 Å². The lowest BCUT2D eigenvalue weighted by Crippen LogP contribution is -2.29. The average Bonchev–Trinajstić information content (AvgIpc) is 2.37. The molecule has 0 aliphatic heterocycles. The molecule has 1 aliphatic rings. The Morgan fingerprint density at radius 1 is 1.22 bits per heavy atom. The van der Waals surface area contributed by atoms with E-state index in [4.69, 9.17) is 0 Å². The molecule has 0 aromatic heterocycles. The molecule has 2 rings (SSSR count). The van der Waals surface area contributed by atoms with Crippen molar-refractivity contribution in [2.24, 2.45) is 11.8 Å². The molecule has 1 aromatic carbocycles. The predicted octanol–water partition coefficient (Wildman–Crippen LogP) is 4.84. The van der Waals surface area contributed by atoms with Crippen LogP contribution in [0.5, 0.6) is 0 Å². The molecule has 0 bridgehead atoms. The third-order valence-electron chi connectivity index (χ3n) is 4.49. The first kappa shape index (κ1) is 14.1. The first-order valence-corrected chi connectivity index (χ1v) is 7.85. The highest BCUT2D eigenvalue weighted by atomic mass is 79.9. The van der Waals surface area contributed by atoms with Crippen LogP contribution in [0.25, 0.3) is 0 Å². The fourth-order valence-electron chi connectivity index (χ4n) is 3.23. The van der Waals surface area contributed by atoms with Crippen LogP contribution in [0.1, 0.15) is 49.8 Å². The SMILES string of the molecule is CNC(c1cccc(Br)c1C)C1CCC(C)CC1. The van der Waals surface area contributed by atoms with E-state index in [1.165, 1.54) is 41.3 Å². The van der Waals surface area contributed by atoms with Gasteiger partial charge < -0.3 is 5.32 Å². The van der Waals surface area contributed by atoms with E-state index in [9.17, 15) is 0 Å². The monoisotopic (exact) mass is 309 g/mol. The van der Waals surface area contributed by atoms with E-state index in [1.807, 2.05) is 0 Å². The first-order chi connectivity index (χ1) is 8.63. The van der Waals surface area contributed by atoms with Crippen molar-refractivity contribution in [2.45, 2.75) is 45.6 Å². The Bertz CT molecular complexity index is 394. The van der Waals surface area contributed by atoms with Gasteiger partial charge in [-0.3, -0.25) is 0 Å². The minimum absolute atomic E-state index is 0.509. The Morgan fingerprint density at radius 3 is 2.50 bits per heavy atom. The molecule has 0 radical (unpaired) electrons. The molecular weight excluding hydrogens is 286 g/mol. The lowest BCUT2D eigenvalue weighted by Gasteiger charge is -2.33. The zero-order chi connectivity index (χ0) is 13.1. The molecule has 18 heavy (non-hydrogen) atoms. The van der Waals surface area contributed by atoms with Gasteiger partial charge in [-0.2, -0.15) is 0 Å². The normalized spacial score (nSPS) is 26.0. The molecule has 0 amide bonds. The van der Waals surface area contributed by atoms with Crippen LogP contribution in [0.2, 0.25) is 0 Å². The summed E-state index contributed by atoms with van der Waals surface area (Å²) in [5, 5.41) is 3.55. The van der Waals surface area contributed by atoms with Crippen molar-refractivity contribution in [1.82, 2.24) is 5.32 Å². The first-order valence-electron chi connectivity index (χ1n) is 7.05. The van der Waals surface area contributed by atoms with Crippen LogP contribution in [0.3, 0.4) is 0 Å². The molecule has 0 saturated heterocycles. The minimum atomic E-state index is 0.509. The maximum Gasteiger partial charge on any atom is 0.0349 e. The fraction of sp³-hybridized carbons (Fsp3) is 0.625. The molecular formula is C16H24BrN. The summed E-state index contributed by atoms with van der Waals surface area (Å²) in [7, 11) is 2.10. The maximum absolute atomic E-state index is 3.65. The van der Waals surface area contributed by atoms with Gasteiger partial charge >= 0.3 is 0 Å². The van der Waals surface area contributed by atoms with E-state index in [-0.39, 0.29) is 0 Å². The summed E-state index contributed by atoms with van der Waals surface area (Å²) in [5.41, 5.74) is 2.85. The van der Waals surface area contributed by atoms with Crippen molar-refractivity contribution >= 4 is 15.9 Å². The Morgan fingerprint density at radius 2 is 1.89 bits per heavy atom. The fourth-order valence-corrected chi connectivity index (χ4v) is 3.61. The Kier molecular flexibility index (Phi) is 4.85. The van der Waals surface area contributed by atoms with Gasteiger partial charge in [0.05, 0.1) is 0 Å². The number of hydrogen-bond acceptors (Lipinski definition) is 1. The average molecular weight is 310 g/mol. The summed E-state index contributed by atoms with van der Waals surface area (Å²) in [6, 6.07) is 7.07. The van der Waals surface area contributed by atoms with E-state index in [1.54, 1.807) is 0 Å². The molecule has 1 unspecified atom stereocenters. The molecule has 1 fully saturated rings. The van der Waals surface area contributed by atoms with Crippen molar-refractivity contribution < 1.29 is 0 Å². The summed E-state index contributed by atoms with van der Waals surface area (Å²) in [5.74, 6) is 1.71. The van der Waals surface area contributed by atoms with Crippen molar-refractivity contribution in [1.29, 1.82) is 0 Å². The Hall–Kier alpha value is -0.340. The zero-order valence-electron chi connectivity index (χ0n) is 11.7. The predicted molar refractivity (Wildman–Crippen MR) is 81.8 cm³/mol. The van der Waals surface area contributed by atoms with Gasteiger partial charge in [-0.1, -0.05) is 47.8 Å². The smallest absolute Gasteiger partial charge is 0.0349 e. The van der Waals surface area contributed by atoms with Gasteiger partial charge in [-0.15, -0.1) is 0 Å². The Balaban J connectivity index is 2.20. The second kappa shape index (κ2) is 6.21. The highest BCUT2D eigenvalue weighted by molar-refractivity contribution is 9.10. The summed E-state index contributed by atoms with van der Waals surface area (Å²) >= 11 is 3.65. The number of hydrogen-bond donors (Lipinski definition) is 1. The number of halogens is 1. The van der Waals surface area contributed by atoms with Gasteiger partial charge in [-0.25, -0.2) is 0 Å². The number of rotatable bonds is 3. The quantitative estimate of drug-likeness (QED) is 0.842. The molecule has 0 spiro atoms. The summed E-state index contributed by atoms with van der Waals surface area (Å²) < 4.78 is 1.23. The third kappa shape index (κ3) is 2.97. The van der Waals surface area contributed by atoms with Gasteiger partial charge in [0.25, 0.3) is 0 Å². The molecule has 100 valence electrons. The molecule has 1 atom stereocenters. The van der Waals surface area contributed by atoms with E-state index in [0.29, 0.717) is 6.04 Å². The van der Waals surface area contributed by atoms with E-state index >= 15 is 0 Å². The molecule has 1 N–H and O–H groups in total.